The van der Waals surface area contributed by atoms with Gasteiger partial charge in [-0.05, 0) is 43.2 Å². The predicted octanol–water partition coefficient (Wildman–Crippen LogP) is 4.00. The van der Waals surface area contributed by atoms with Crippen molar-refractivity contribution < 1.29 is 9.59 Å². The fourth-order valence-electron chi connectivity index (χ4n) is 3.18. The summed E-state index contributed by atoms with van der Waals surface area (Å²) in [6.45, 7) is 6.50. The normalized spacial score (nSPS) is 11.5. The summed E-state index contributed by atoms with van der Waals surface area (Å²) in [6, 6.07) is 15.4. The number of rotatable bonds is 7. The Kier molecular flexibility index (Phi) is 7.44. The molecule has 0 fully saturated rings. The molecule has 2 N–H and O–H groups in total. The molecule has 0 unspecified atom stereocenters. The van der Waals surface area contributed by atoms with Gasteiger partial charge in [0.2, 0.25) is 5.91 Å². The molecule has 0 saturated carbocycles. The van der Waals surface area contributed by atoms with Crippen LogP contribution < -0.4 is 15.5 Å². The average Bonchev–Trinajstić information content (AvgIpc) is 2.66. The minimum Gasteiger partial charge on any atom is -0.377 e. The number of carbonyl (C=O) groups excluding carboxylic acids is 2. The van der Waals surface area contributed by atoms with Crippen LogP contribution in [0.25, 0.3) is 0 Å². The van der Waals surface area contributed by atoms with Crippen LogP contribution in [-0.4, -0.2) is 37.5 Å². The quantitative estimate of drug-likeness (QED) is 0.761. The predicted molar refractivity (Wildman–Crippen MR) is 115 cm³/mol. The molecule has 0 saturated heterocycles. The minimum atomic E-state index is -0.243. The summed E-state index contributed by atoms with van der Waals surface area (Å²) in [7, 11) is 3.93. The van der Waals surface area contributed by atoms with Crippen molar-refractivity contribution in [2.45, 2.75) is 33.4 Å². The third kappa shape index (κ3) is 5.49. The highest BCUT2D eigenvalue weighted by Gasteiger charge is 2.20. The lowest BCUT2D eigenvalue weighted by Crippen LogP contribution is -2.32. The first-order valence-corrected chi connectivity index (χ1v) is 9.50. The minimum absolute atomic E-state index is 0.00291. The average molecular weight is 383 g/mol. The van der Waals surface area contributed by atoms with Gasteiger partial charge in [-0.15, -0.1) is 0 Å². The van der Waals surface area contributed by atoms with Gasteiger partial charge in [0.15, 0.2) is 0 Å². The Balaban J connectivity index is 2.33. The molecule has 150 valence electrons. The van der Waals surface area contributed by atoms with Crippen molar-refractivity contribution in [3.63, 3.8) is 0 Å². The van der Waals surface area contributed by atoms with Gasteiger partial charge in [-0.2, -0.15) is 0 Å². The molecule has 28 heavy (non-hydrogen) atoms. The summed E-state index contributed by atoms with van der Waals surface area (Å²) in [5, 5.41) is 5.57. The summed E-state index contributed by atoms with van der Waals surface area (Å²) in [5.74, 6) is 0.00291. The smallest absolute Gasteiger partial charge is 0.319 e. The van der Waals surface area contributed by atoms with Crippen LogP contribution in [0, 0.1) is 0 Å². The lowest BCUT2D eigenvalue weighted by Gasteiger charge is -2.30. The van der Waals surface area contributed by atoms with Gasteiger partial charge in [-0.1, -0.05) is 30.3 Å². The zero-order valence-corrected chi connectivity index (χ0v) is 17.3. The molecule has 1 atom stereocenters. The molecular formula is C22H30N4O2. The Labute approximate surface area is 167 Å². The van der Waals surface area contributed by atoms with Gasteiger partial charge in [-0.25, -0.2) is 4.79 Å². The molecule has 6 nitrogen and oxygen atoms in total. The van der Waals surface area contributed by atoms with Crippen molar-refractivity contribution in [1.29, 1.82) is 0 Å². The van der Waals surface area contributed by atoms with E-state index in [1.54, 1.807) is 6.92 Å². The van der Waals surface area contributed by atoms with Crippen LogP contribution >= 0.6 is 0 Å². The molecule has 0 heterocycles. The summed E-state index contributed by atoms with van der Waals surface area (Å²) >= 11 is 0. The van der Waals surface area contributed by atoms with E-state index in [0.29, 0.717) is 18.8 Å². The second-order valence-corrected chi connectivity index (χ2v) is 6.96. The van der Waals surface area contributed by atoms with Gasteiger partial charge < -0.3 is 20.4 Å². The van der Waals surface area contributed by atoms with E-state index in [4.69, 9.17) is 0 Å². The molecule has 0 spiro atoms. The lowest BCUT2D eigenvalue weighted by molar-refractivity contribution is -0.131. The van der Waals surface area contributed by atoms with Crippen molar-refractivity contribution >= 4 is 23.3 Å². The van der Waals surface area contributed by atoms with E-state index in [0.717, 1.165) is 16.8 Å². The monoisotopic (exact) mass is 382 g/mol. The molecule has 0 aliphatic rings. The second kappa shape index (κ2) is 9.78. The molecule has 2 rings (SSSR count). The molecule has 0 aromatic heterocycles. The number of nitrogens with zero attached hydrogens (tertiary/aromatic N) is 2. The van der Waals surface area contributed by atoms with E-state index >= 15 is 0 Å². The number of nitrogens with one attached hydrogen (secondary N) is 2. The Morgan fingerprint density at radius 1 is 1.07 bits per heavy atom. The highest BCUT2D eigenvalue weighted by molar-refractivity contribution is 5.89. The van der Waals surface area contributed by atoms with E-state index in [-0.39, 0.29) is 18.0 Å². The molecule has 0 aliphatic heterocycles. The second-order valence-electron chi connectivity index (χ2n) is 6.96. The summed E-state index contributed by atoms with van der Waals surface area (Å²) in [5.41, 5.74) is 3.76. The Morgan fingerprint density at radius 2 is 1.75 bits per heavy atom. The Morgan fingerprint density at radius 3 is 2.32 bits per heavy atom. The number of hydrogen-bond donors (Lipinski definition) is 2. The van der Waals surface area contributed by atoms with Crippen LogP contribution in [-0.2, 0) is 11.3 Å². The maximum Gasteiger partial charge on any atom is 0.319 e. The summed E-state index contributed by atoms with van der Waals surface area (Å²) in [4.78, 5) is 28.1. The highest BCUT2D eigenvalue weighted by atomic mass is 16.2. The molecule has 0 bridgehead atoms. The number of hydrogen-bond acceptors (Lipinski definition) is 3. The molecule has 0 aliphatic carbocycles. The van der Waals surface area contributed by atoms with Crippen molar-refractivity contribution in [3.8, 4) is 0 Å². The van der Waals surface area contributed by atoms with E-state index < -0.39 is 0 Å². The molecule has 0 radical (unpaired) electrons. The number of anilines is 2. The summed E-state index contributed by atoms with van der Waals surface area (Å²) < 4.78 is 0. The van der Waals surface area contributed by atoms with Crippen molar-refractivity contribution in [2.75, 3.05) is 30.9 Å². The van der Waals surface area contributed by atoms with Crippen LogP contribution in [0.5, 0.6) is 0 Å². The van der Waals surface area contributed by atoms with E-state index in [2.05, 4.69) is 10.6 Å². The maximum atomic E-state index is 12.4. The highest BCUT2D eigenvalue weighted by Crippen LogP contribution is 2.28. The van der Waals surface area contributed by atoms with Crippen molar-refractivity contribution in [3.05, 3.63) is 59.7 Å². The van der Waals surface area contributed by atoms with Gasteiger partial charge in [0.05, 0.1) is 6.04 Å². The van der Waals surface area contributed by atoms with Crippen LogP contribution in [0.2, 0.25) is 0 Å². The van der Waals surface area contributed by atoms with Crippen molar-refractivity contribution in [2.24, 2.45) is 0 Å². The van der Waals surface area contributed by atoms with Gasteiger partial charge in [0, 0.05) is 45.5 Å². The van der Waals surface area contributed by atoms with Crippen LogP contribution in [0.1, 0.15) is 37.9 Å². The third-order valence-electron chi connectivity index (χ3n) is 4.65. The molecule has 2 aromatic rings. The third-order valence-corrected chi connectivity index (χ3v) is 4.65. The number of amides is 3. The van der Waals surface area contributed by atoms with Crippen molar-refractivity contribution in [1.82, 2.24) is 10.2 Å². The first-order chi connectivity index (χ1) is 13.3. The molecule has 3 amide bonds. The van der Waals surface area contributed by atoms with Gasteiger partial charge in [0.1, 0.15) is 0 Å². The number of urea groups is 1. The first kappa shape index (κ1) is 21.3. The van der Waals surface area contributed by atoms with Crippen LogP contribution in [0.3, 0.4) is 0 Å². The zero-order chi connectivity index (χ0) is 20.7. The largest absolute Gasteiger partial charge is 0.377 e. The molecule has 6 heteroatoms. The van der Waals surface area contributed by atoms with Crippen LogP contribution in [0.15, 0.2) is 48.5 Å². The number of benzene rings is 2. The first-order valence-electron chi connectivity index (χ1n) is 9.50. The van der Waals surface area contributed by atoms with Gasteiger partial charge >= 0.3 is 6.03 Å². The maximum absolute atomic E-state index is 12.4. The van der Waals surface area contributed by atoms with E-state index in [1.165, 1.54) is 0 Å². The standard InChI is InChI=1S/C22H30N4O2/c1-6-23-22(28)24-20-12-13-21(25(4)5)19(14-20)15-26(17(3)27)16(2)18-10-8-7-9-11-18/h7-14,16H,6,15H2,1-5H3,(H2,23,24,28)/t16-/m0/s1. The fourth-order valence-corrected chi connectivity index (χ4v) is 3.18. The van der Waals surface area contributed by atoms with Gasteiger partial charge in [-0.3, -0.25) is 4.79 Å². The van der Waals surface area contributed by atoms with Gasteiger partial charge in [0.25, 0.3) is 0 Å². The zero-order valence-electron chi connectivity index (χ0n) is 17.3. The molecular weight excluding hydrogens is 352 g/mol. The Bertz CT molecular complexity index is 805. The van der Waals surface area contributed by atoms with E-state index in [1.807, 2.05) is 86.3 Å². The Hall–Kier alpha value is -3.02. The lowest BCUT2D eigenvalue weighted by atomic mass is 10.0. The fraction of sp³-hybridized carbons (Fsp3) is 0.364. The topological polar surface area (TPSA) is 64.7 Å². The van der Waals surface area contributed by atoms with E-state index in [9.17, 15) is 9.59 Å². The SMILES string of the molecule is CCNC(=O)Nc1ccc(N(C)C)c(CN(C(C)=O)[C@@H](C)c2ccccc2)c1. The number of carbonyl (C=O) groups is 2. The summed E-state index contributed by atoms with van der Waals surface area (Å²) in [6.07, 6.45) is 0. The van der Waals surface area contributed by atoms with Crippen LogP contribution in [0.4, 0.5) is 16.2 Å². The molecule has 2 aromatic carbocycles.